The number of benzene rings is 1. The first kappa shape index (κ1) is 13.1. The number of halogens is 3. The van der Waals surface area contributed by atoms with E-state index in [1.807, 2.05) is 0 Å². The molecule has 0 amide bonds. The van der Waals surface area contributed by atoms with Gasteiger partial charge < -0.3 is 10.4 Å². The second-order valence-electron chi connectivity index (χ2n) is 4.79. The Morgan fingerprint density at radius 3 is 2.39 bits per heavy atom. The van der Waals surface area contributed by atoms with Gasteiger partial charge in [-0.3, -0.25) is 0 Å². The Hall–Kier alpha value is -1.39. The first-order valence-corrected chi connectivity index (χ1v) is 6.07. The van der Waals surface area contributed by atoms with Crippen molar-refractivity contribution in [2.75, 3.05) is 5.32 Å². The molecule has 1 saturated carbocycles. The molecular weight excluding hydrogens is 243 g/mol. The summed E-state index contributed by atoms with van der Waals surface area (Å²) in [6.45, 7) is 0. The van der Waals surface area contributed by atoms with Crippen molar-refractivity contribution in [3.63, 3.8) is 0 Å². The fourth-order valence-corrected chi connectivity index (χ4v) is 2.41. The number of hydrogen-bond acceptors (Lipinski definition) is 2. The van der Waals surface area contributed by atoms with Crippen molar-refractivity contribution in [2.24, 2.45) is 5.92 Å². The number of alkyl halides is 3. The Bertz CT molecular complexity index is 388. The number of phenols is 1. The Morgan fingerprint density at radius 1 is 1.11 bits per heavy atom. The van der Waals surface area contributed by atoms with Gasteiger partial charge in [0, 0.05) is 11.7 Å². The van der Waals surface area contributed by atoms with Crippen LogP contribution >= 0.6 is 0 Å². The summed E-state index contributed by atoms with van der Waals surface area (Å²) in [6, 6.07) is 6.24. The van der Waals surface area contributed by atoms with E-state index in [2.05, 4.69) is 5.32 Å². The molecule has 2 atom stereocenters. The topological polar surface area (TPSA) is 32.3 Å². The number of phenolic OH excluding ortho intramolecular Hbond substituents is 1. The van der Waals surface area contributed by atoms with E-state index in [1.54, 1.807) is 12.1 Å². The number of rotatable bonds is 2. The first-order valence-electron chi connectivity index (χ1n) is 6.07. The normalized spacial score (nSPS) is 24.8. The van der Waals surface area contributed by atoms with Crippen molar-refractivity contribution in [3.05, 3.63) is 24.3 Å². The quantitative estimate of drug-likeness (QED) is 0.789. The Kier molecular flexibility index (Phi) is 3.68. The van der Waals surface area contributed by atoms with Gasteiger partial charge in [0.05, 0.1) is 5.92 Å². The van der Waals surface area contributed by atoms with Crippen LogP contribution in [-0.2, 0) is 0 Å². The van der Waals surface area contributed by atoms with Gasteiger partial charge in [0.15, 0.2) is 0 Å². The van der Waals surface area contributed by atoms with Crippen molar-refractivity contribution in [1.29, 1.82) is 0 Å². The standard InChI is InChI=1S/C13H16F3NO/c14-13(15,16)9-2-1-3-11(8-9)17-10-4-6-12(18)7-5-10/h4-7,9,11,17-18H,1-3,8H2. The molecule has 18 heavy (non-hydrogen) atoms. The van der Waals surface area contributed by atoms with Gasteiger partial charge in [-0.1, -0.05) is 6.42 Å². The molecule has 1 aromatic carbocycles. The minimum atomic E-state index is -4.09. The molecule has 1 fully saturated rings. The van der Waals surface area contributed by atoms with Gasteiger partial charge in [0.25, 0.3) is 0 Å². The molecule has 0 heterocycles. The molecule has 2 rings (SSSR count). The van der Waals surface area contributed by atoms with E-state index >= 15 is 0 Å². The van der Waals surface area contributed by atoms with Gasteiger partial charge in [-0.05, 0) is 43.5 Å². The maximum atomic E-state index is 12.6. The van der Waals surface area contributed by atoms with Crippen LogP contribution < -0.4 is 5.32 Å². The molecule has 2 unspecified atom stereocenters. The Balaban J connectivity index is 1.95. The van der Waals surface area contributed by atoms with Gasteiger partial charge in [-0.2, -0.15) is 13.2 Å². The van der Waals surface area contributed by atoms with Crippen LogP contribution in [-0.4, -0.2) is 17.3 Å². The van der Waals surface area contributed by atoms with Gasteiger partial charge in [0.2, 0.25) is 0 Å². The molecule has 1 aliphatic carbocycles. The molecule has 0 bridgehead atoms. The summed E-state index contributed by atoms with van der Waals surface area (Å²) in [4.78, 5) is 0. The maximum absolute atomic E-state index is 12.6. The van der Waals surface area contributed by atoms with Crippen LogP contribution in [0.2, 0.25) is 0 Å². The van der Waals surface area contributed by atoms with Crippen molar-refractivity contribution in [3.8, 4) is 5.75 Å². The van der Waals surface area contributed by atoms with E-state index in [-0.39, 0.29) is 24.6 Å². The second kappa shape index (κ2) is 5.08. The van der Waals surface area contributed by atoms with Gasteiger partial charge in [-0.25, -0.2) is 0 Å². The van der Waals surface area contributed by atoms with Crippen molar-refractivity contribution in [2.45, 2.75) is 37.9 Å². The highest BCUT2D eigenvalue weighted by molar-refractivity contribution is 5.46. The summed E-state index contributed by atoms with van der Waals surface area (Å²) in [6.07, 6.45) is -2.37. The predicted molar refractivity (Wildman–Crippen MR) is 63.5 cm³/mol. The largest absolute Gasteiger partial charge is 0.508 e. The summed E-state index contributed by atoms with van der Waals surface area (Å²) < 4.78 is 37.9. The zero-order valence-corrected chi connectivity index (χ0v) is 9.87. The lowest BCUT2D eigenvalue weighted by molar-refractivity contribution is -0.182. The SMILES string of the molecule is Oc1ccc(NC2CCCC(C(F)(F)F)C2)cc1. The summed E-state index contributed by atoms with van der Waals surface area (Å²) in [5.41, 5.74) is 0.751. The number of anilines is 1. The lowest BCUT2D eigenvalue weighted by Crippen LogP contribution is -2.34. The van der Waals surface area contributed by atoms with Crippen molar-refractivity contribution >= 4 is 5.69 Å². The molecule has 5 heteroatoms. The maximum Gasteiger partial charge on any atom is 0.391 e. The fraction of sp³-hybridized carbons (Fsp3) is 0.538. The third kappa shape index (κ3) is 3.31. The summed E-state index contributed by atoms with van der Waals surface area (Å²) in [7, 11) is 0. The highest BCUT2D eigenvalue weighted by Crippen LogP contribution is 2.38. The van der Waals surface area contributed by atoms with Crippen LogP contribution in [0, 0.1) is 5.92 Å². The fourth-order valence-electron chi connectivity index (χ4n) is 2.41. The summed E-state index contributed by atoms with van der Waals surface area (Å²) >= 11 is 0. The van der Waals surface area contributed by atoms with Crippen LogP contribution in [0.25, 0.3) is 0 Å². The van der Waals surface area contributed by atoms with E-state index < -0.39 is 12.1 Å². The second-order valence-corrected chi connectivity index (χ2v) is 4.79. The molecule has 100 valence electrons. The van der Waals surface area contributed by atoms with E-state index in [9.17, 15) is 13.2 Å². The van der Waals surface area contributed by atoms with Gasteiger partial charge in [-0.15, -0.1) is 0 Å². The van der Waals surface area contributed by atoms with E-state index in [0.29, 0.717) is 6.42 Å². The molecule has 1 aromatic rings. The molecule has 0 aromatic heterocycles. The van der Waals surface area contributed by atoms with Crippen molar-refractivity contribution in [1.82, 2.24) is 0 Å². The average Bonchev–Trinajstić information content (AvgIpc) is 2.31. The Morgan fingerprint density at radius 2 is 1.78 bits per heavy atom. The summed E-state index contributed by atoms with van der Waals surface area (Å²) in [5, 5.41) is 12.2. The Labute approximate surface area is 104 Å². The molecule has 0 radical (unpaired) electrons. The third-order valence-electron chi connectivity index (χ3n) is 3.38. The molecule has 0 saturated heterocycles. The predicted octanol–water partition coefficient (Wildman–Crippen LogP) is 3.93. The van der Waals surface area contributed by atoms with Crippen LogP contribution in [0.4, 0.5) is 18.9 Å². The molecule has 1 aliphatic rings. The zero-order chi connectivity index (χ0) is 13.2. The van der Waals surface area contributed by atoms with E-state index in [4.69, 9.17) is 5.11 Å². The van der Waals surface area contributed by atoms with Crippen molar-refractivity contribution < 1.29 is 18.3 Å². The smallest absolute Gasteiger partial charge is 0.391 e. The highest BCUT2D eigenvalue weighted by Gasteiger charge is 2.42. The third-order valence-corrected chi connectivity index (χ3v) is 3.38. The minimum Gasteiger partial charge on any atom is -0.508 e. The number of aromatic hydroxyl groups is 1. The van der Waals surface area contributed by atoms with Crippen LogP contribution in [0.15, 0.2) is 24.3 Å². The highest BCUT2D eigenvalue weighted by atomic mass is 19.4. The van der Waals surface area contributed by atoms with Crippen LogP contribution in [0.5, 0.6) is 5.75 Å². The molecule has 2 N–H and O–H groups in total. The molecule has 0 spiro atoms. The van der Waals surface area contributed by atoms with Gasteiger partial charge >= 0.3 is 6.18 Å². The lowest BCUT2D eigenvalue weighted by atomic mass is 9.85. The zero-order valence-electron chi connectivity index (χ0n) is 9.87. The van der Waals surface area contributed by atoms with E-state index in [0.717, 1.165) is 12.1 Å². The molecular formula is C13H16F3NO. The molecule has 2 nitrogen and oxygen atoms in total. The summed E-state index contributed by atoms with van der Waals surface area (Å²) in [5.74, 6) is -1.04. The first-order chi connectivity index (χ1) is 8.45. The average molecular weight is 259 g/mol. The van der Waals surface area contributed by atoms with Crippen LogP contribution in [0.3, 0.4) is 0 Å². The molecule has 0 aliphatic heterocycles. The van der Waals surface area contributed by atoms with Crippen LogP contribution in [0.1, 0.15) is 25.7 Å². The number of nitrogens with one attached hydrogen (secondary N) is 1. The monoisotopic (exact) mass is 259 g/mol. The van der Waals surface area contributed by atoms with E-state index in [1.165, 1.54) is 12.1 Å². The number of hydrogen-bond donors (Lipinski definition) is 2. The van der Waals surface area contributed by atoms with Gasteiger partial charge in [0.1, 0.15) is 5.75 Å². The minimum absolute atomic E-state index is 0.129. The lowest BCUT2D eigenvalue weighted by Gasteiger charge is -2.31.